The van der Waals surface area contributed by atoms with E-state index in [-0.39, 0.29) is 29.0 Å². The van der Waals surface area contributed by atoms with Crippen LogP contribution >= 0.6 is 0 Å². The van der Waals surface area contributed by atoms with E-state index in [0.29, 0.717) is 0 Å². The van der Waals surface area contributed by atoms with Crippen LogP contribution in [0.5, 0.6) is 0 Å². The van der Waals surface area contributed by atoms with Crippen LogP contribution in [0, 0.1) is 63.2 Å². The van der Waals surface area contributed by atoms with E-state index in [4.69, 9.17) is 0 Å². The Labute approximate surface area is 192 Å². The Morgan fingerprint density at radius 3 is 1.70 bits per heavy atom. The molecule has 0 heterocycles. The third-order valence-electron chi connectivity index (χ3n) is 4.64. The molecular weight excluding hydrogens is 414 g/mol. The summed E-state index contributed by atoms with van der Waals surface area (Å²) in [7, 11) is 0. The normalized spacial score (nSPS) is 18.6. The molecule has 2 fully saturated rings. The topological polar surface area (TPSA) is 49.3 Å². The maximum Gasteiger partial charge on any atom is 2.00 e. The Hall–Kier alpha value is -1.61. The van der Waals surface area contributed by atoms with E-state index in [9.17, 15) is 9.90 Å². The Kier molecular flexibility index (Phi) is 10.6. The zero-order valence-electron chi connectivity index (χ0n) is 16.8. The predicted molar refractivity (Wildman–Crippen MR) is 115 cm³/mol. The van der Waals surface area contributed by atoms with Gasteiger partial charge in [0.25, 0.3) is 0 Å². The zero-order chi connectivity index (χ0) is 20.5. The molecule has 0 saturated heterocycles. The van der Waals surface area contributed by atoms with Gasteiger partial charge >= 0.3 is 17.1 Å². The molecule has 152 valence electrons. The minimum absolute atomic E-state index is 0. The second kappa shape index (κ2) is 12.9. The van der Waals surface area contributed by atoms with Crippen LogP contribution in [0.3, 0.4) is 0 Å². The first-order chi connectivity index (χ1) is 14.2. The number of carbonyl (C=O) groups excluding carboxylic acids is 1. The number of hydrogen-bond acceptors (Lipinski definition) is 2. The molecule has 30 heavy (non-hydrogen) atoms. The van der Waals surface area contributed by atoms with Crippen molar-refractivity contribution in [3.8, 4) is 0 Å². The van der Waals surface area contributed by atoms with Crippen LogP contribution in [0.4, 0.5) is 0 Å². The average Bonchev–Trinajstić information content (AvgIpc) is 3.47. The fourth-order valence-electron chi connectivity index (χ4n) is 3.28. The summed E-state index contributed by atoms with van der Waals surface area (Å²) in [6.45, 7) is 1.51. The Morgan fingerprint density at radius 1 is 0.733 bits per heavy atom. The number of rotatable bonds is 5. The van der Waals surface area contributed by atoms with Crippen LogP contribution in [-0.2, 0) is 21.9 Å². The first-order valence-corrected chi connectivity index (χ1v) is 9.64. The van der Waals surface area contributed by atoms with Crippen LogP contribution < -0.4 is 5.32 Å². The minimum atomic E-state index is -0.726. The number of aliphatic hydroxyl groups excluding tert-OH is 1. The second-order valence-electron chi connectivity index (χ2n) is 6.76. The molecule has 2 N–H and O–H groups in total. The van der Waals surface area contributed by atoms with E-state index in [1.54, 1.807) is 0 Å². The zero-order valence-corrected chi connectivity index (χ0v) is 17.9. The fourth-order valence-corrected chi connectivity index (χ4v) is 3.28. The van der Waals surface area contributed by atoms with Gasteiger partial charge in [0.05, 0.1) is 12.1 Å². The predicted octanol–water partition coefficient (Wildman–Crippen LogP) is 4.39. The molecule has 0 bridgehead atoms. The molecule has 1 amide bonds. The molecule has 2 atom stereocenters. The monoisotopic (exact) mass is 439 g/mol. The number of carbonyl (C=O) groups is 1. The third-order valence-corrected chi connectivity index (χ3v) is 4.64. The van der Waals surface area contributed by atoms with Crippen molar-refractivity contribution in [3.63, 3.8) is 0 Å². The van der Waals surface area contributed by atoms with Gasteiger partial charge in [0.15, 0.2) is 0 Å². The van der Waals surface area contributed by atoms with E-state index in [0.717, 1.165) is 23.0 Å². The summed E-state index contributed by atoms with van der Waals surface area (Å²) < 4.78 is 0. The van der Waals surface area contributed by atoms with E-state index >= 15 is 0 Å². The van der Waals surface area contributed by atoms with Gasteiger partial charge < -0.3 is 10.4 Å². The van der Waals surface area contributed by atoms with E-state index in [2.05, 4.69) is 5.32 Å². The van der Waals surface area contributed by atoms with Crippen LogP contribution in [0.2, 0.25) is 0 Å². The molecule has 2 saturated carbocycles. The molecule has 0 spiro atoms. The Balaban J connectivity index is 0.000000468. The first kappa shape index (κ1) is 24.7. The molecule has 4 rings (SSSR count). The van der Waals surface area contributed by atoms with Gasteiger partial charge in [-0.05, 0) is 62.5 Å². The van der Waals surface area contributed by atoms with E-state index in [1.807, 2.05) is 112 Å². The minimum Gasteiger partial charge on any atom is -0.388 e. The molecule has 3 nitrogen and oxygen atoms in total. The van der Waals surface area contributed by atoms with Crippen molar-refractivity contribution < 1.29 is 27.0 Å². The molecule has 10 radical (unpaired) electrons. The molecule has 4 heteroatoms. The van der Waals surface area contributed by atoms with Crippen molar-refractivity contribution >= 4 is 5.91 Å². The molecule has 0 aromatic heterocycles. The second-order valence-corrected chi connectivity index (χ2v) is 6.76. The first-order valence-electron chi connectivity index (χ1n) is 9.64. The maximum absolute atomic E-state index is 11.7. The molecule has 2 aromatic rings. The van der Waals surface area contributed by atoms with Gasteiger partial charge in [-0.15, -0.1) is 0 Å². The maximum atomic E-state index is 11.7. The van der Waals surface area contributed by atoms with Gasteiger partial charge in [-0.3, -0.25) is 4.79 Å². The summed E-state index contributed by atoms with van der Waals surface area (Å²) in [6, 6.07) is 19.0. The number of nitrogens with one attached hydrogen (secondary N) is 1. The van der Waals surface area contributed by atoms with Crippen molar-refractivity contribution in [2.24, 2.45) is 0 Å². The summed E-state index contributed by atoms with van der Waals surface area (Å²) in [5, 5.41) is 13.8. The third kappa shape index (κ3) is 6.97. The van der Waals surface area contributed by atoms with Gasteiger partial charge in [0, 0.05) is 18.8 Å². The van der Waals surface area contributed by atoms with E-state index < -0.39 is 6.10 Å². The summed E-state index contributed by atoms with van der Waals surface area (Å²) in [5.74, 6) is 1.61. The van der Waals surface area contributed by atoms with Crippen molar-refractivity contribution in [2.45, 2.75) is 19.1 Å². The molecule has 0 unspecified atom stereocenters. The smallest absolute Gasteiger partial charge is 0.388 e. The van der Waals surface area contributed by atoms with Crippen LogP contribution in [0.1, 0.15) is 30.2 Å². The molecular formula is C26H25FeNO2+2. The van der Waals surface area contributed by atoms with Gasteiger partial charge in [0.2, 0.25) is 5.91 Å². The number of benzene rings is 2. The molecule has 2 aliphatic rings. The summed E-state index contributed by atoms with van der Waals surface area (Å²) in [4.78, 5) is 11.7. The number of aliphatic hydroxyl groups is 1. The Bertz CT molecular complexity index is 726. The van der Waals surface area contributed by atoms with Crippen LogP contribution in [0.25, 0.3) is 0 Å². The van der Waals surface area contributed by atoms with E-state index in [1.165, 1.54) is 6.92 Å². The van der Waals surface area contributed by atoms with Crippen molar-refractivity contribution in [1.29, 1.82) is 0 Å². The van der Waals surface area contributed by atoms with Gasteiger partial charge in [-0.2, -0.15) is 0 Å². The van der Waals surface area contributed by atoms with Crippen LogP contribution in [-0.4, -0.2) is 11.0 Å². The summed E-state index contributed by atoms with van der Waals surface area (Å²) in [6.07, 6.45) is 15.0. The van der Waals surface area contributed by atoms with Gasteiger partial charge in [-0.25, -0.2) is 0 Å². The van der Waals surface area contributed by atoms with Gasteiger partial charge in [0.1, 0.15) is 0 Å². The molecule has 0 aliphatic heterocycles. The summed E-state index contributed by atoms with van der Waals surface area (Å²) >= 11 is 0. The van der Waals surface area contributed by atoms with Crippen molar-refractivity contribution in [2.75, 3.05) is 0 Å². The molecule has 2 aromatic carbocycles. The standard InChI is InChI=1S/C21H20NO2.C5H5.Fe/c1-15(23)22-20(16-9-4-2-5-10-16)18-13-8-14-19(18)21(24)17-11-6-3-7-12-17;1-2-4-5-3-1;/h2-14,20-21,24H,1H3,(H,22,23);1-5H;/q;;+2/t20-,21+;;/m0../s1. The average molecular weight is 439 g/mol. The largest absolute Gasteiger partial charge is 2.00 e. The van der Waals surface area contributed by atoms with Crippen molar-refractivity contribution in [1.82, 2.24) is 5.32 Å². The molecule has 2 aliphatic carbocycles. The number of hydrogen-bond donors (Lipinski definition) is 2. The quantitative estimate of drug-likeness (QED) is 0.679. The summed E-state index contributed by atoms with van der Waals surface area (Å²) in [5.41, 5.74) is 1.82. The van der Waals surface area contributed by atoms with Crippen LogP contribution in [0.15, 0.2) is 60.7 Å². The Morgan fingerprint density at radius 2 is 1.20 bits per heavy atom. The fraction of sp³-hybridized carbons (Fsp3) is 0.115. The number of amides is 1. The van der Waals surface area contributed by atoms with Crippen molar-refractivity contribution in [3.05, 3.63) is 135 Å². The SMILES string of the molecule is CC(=O)N[C@H]([C]1[CH][CH][CH][C]1[C@H](O)c1ccccc1)c1ccccc1.[CH]1[CH][CH][CH][CH]1.[Fe+2]. The van der Waals surface area contributed by atoms with Gasteiger partial charge in [-0.1, -0.05) is 60.7 Å².